The molecule has 0 spiro atoms. The Morgan fingerprint density at radius 2 is 1.64 bits per heavy atom. The van der Waals surface area contributed by atoms with Crippen LogP contribution in [-0.4, -0.2) is 48.1 Å². The van der Waals surface area contributed by atoms with Gasteiger partial charge in [0.25, 0.3) is 17.1 Å². The maximum atomic E-state index is 12.9. The molecule has 3 aromatic carbocycles. The molecule has 0 aliphatic carbocycles. The molecule has 39 heavy (non-hydrogen) atoms. The monoisotopic (exact) mass is 609 g/mol. The van der Waals surface area contributed by atoms with Gasteiger partial charge < -0.3 is 20.1 Å². The van der Waals surface area contributed by atoms with Gasteiger partial charge in [-0.2, -0.15) is 0 Å². The normalized spacial score (nSPS) is 13.9. The van der Waals surface area contributed by atoms with Crippen molar-refractivity contribution >= 4 is 68.1 Å². The summed E-state index contributed by atoms with van der Waals surface area (Å²) in [5.74, 6) is -0.710. The van der Waals surface area contributed by atoms with Crippen molar-refractivity contribution in [2.24, 2.45) is 0 Å². The van der Waals surface area contributed by atoms with Gasteiger partial charge in [0.05, 0.1) is 17.7 Å². The van der Waals surface area contributed by atoms with Gasteiger partial charge in [-0.3, -0.25) is 24.1 Å². The molecule has 2 N–H and O–H groups in total. The third-order valence-electron chi connectivity index (χ3n) is 5.59. The largest absolute Gasteiger partial charge is 0.493 e. The van der Waals surface area contributed by atoms with Gasteiger partial charge in [-0.25, -0.2) is 0 Å². The number of anilines is 2. The molecule has 1 aliphatic rings. The van der Waals surface area contributed by atoms with Crippen molar-refractivity contribution in [3.8, 4) is 11.5 Å². The lowest BCUT2D eigenvalue weighted by atomic mass is 10.2. The van der Waals surface area contributed by atoms with Crippen LogP contribution in [0.15, 0.2) is 76.1 Å². The van der Waals surface area contributed by atoms with E-state index in [1.165, 1.54) is 13.2 Å². The number of benzene rings is 3. The fourth-order valence-corrected chi connectivity index (χ4v) is 4.84. The van der Waals surface area contributed by atoms with Gasteiger partial charge in [0.15, 0.2) is 18.1 Å². The number of amides is 4. The molecule has 0 radical (unpaired) electrons. The number of methoxy groups -OCH3 is 1. The zero-order valence-corrected chi connectivity index (χ0v) is 23.4. The van der Waals surface area contributed by atoms with Gasteiger partial charge >= 0.3 is 0 Å². The van der Waals surface area contributed by atoms with E-state index in [2.05, 4.69) is 26.6 Å². The third kappa shape index (κ3) is 7.06. The molecular formula is C28H24BrN3O6S. The smallest absolute Gasteiger partial charge is 0.294 e. The van der Waals surface area contributed by atoms with Crippen LogP contribution in [0.4, 0.5) is 16.2 Å². The van der Waals surface area contributed by atoms with Crippen LogP contribution in [0.3, 0.4) is 0 Å². The Kier molecular flexibility index (Phi) is 9.05. The average Bonchev–Trinajstić information content (AvgIpc) is 3.17. The number of nitrogens with one attached hydrogen (secondary N) is 2. The van der Waals surface area contributed by atoms with Crippen LogP contribution in [0.1, 0.15) is 11.1 Å². The lowest BCUT2D eigenvalue weighted by Gasteiger charge is -2.13. The van der Waals surface area contributed by atoms with E-state index in [1.54, 1.807) is 48.5 Å². The highest BCUT2D eigenvalue weighted by Crippen LogP contribution is 2.34. The van der Waals surface area contributed by atoms with Gasteiger partial charge in [-0.1, -0.05) is 36.4 Å². The molecule has 1 fully saturated rings. The number of hydrogen-bond acceptors (Lipinski definition) is 7. The van der Waals surface area contributed by atoms with Crippen molar-refractivity contribution in [2.45, 2.75) is 6.92 Å². The summed E-state index contributed by atoms with van der Waals surface area (Å²) in [7, 11) is 1.46. The molecule has 0 saturated carbocycles. The summed E-state index contributed by atoms with van der Waals surface area (Å²) in [5.41, 5.74) is 2.74. The van der Waals surface area contributed by atoms with Crippen LogP contribution < -0.4 is 20.1 Å². The van der Waals surface area contributed by atoms with Crippen LogP contribution in [0.5, 0.6) is 11.5 Å². The first-order valence-electron chi connectivity index (χ1n) is 11.7. The number of hydrogen-bond donors (Lipinski definition) is 2. The van der Waals surface area contributed by atoms with E-state index >= 15 is 0 Å². The van der Waals surface area contributed by atoms with Crippen molar-refractivity contribution in [3.05, 3.63) is 87.2 Å². The molecule has 0 aromatic heterocycles. The Morgan fingerprint density at radius 3 is 2.36 bits per heavy atom. The number of ether oxygens (including phenoxy) is 2. The van der Waals surface area contributed by atoms with E-state index < -0.39 is 23.6 Å². The summed E-state index contributed by atoms with van der Waals surface area (Å²) < 4.78 is 11.7. The molecule has 9 nitrogen and oxygen atoms in total. The van der Waals surface area contributed by atoms with Gasteiger partial charge in [0.1, 0.15) is 6.54 Å². The van der Waals surface area contributed by atoms with Crippen molar-refractivity contribution < 1.29 is 28.7 Å². The SMILES string of the molecule is COc1cc(/C=C2\SC(=O)N(CC(=O)Nc3ccccc3Br)C2=O)ccc1OCC(=O)Nc1ccccc1C. The zero-order chi connectivity index (χ0) is 27.9. The number of carbonyl (C=O) groups excluding carboxylic acids is 4. The molecule has 1 heterocycles. The van der Waals surface area contributed by atoms with E-state index in [1.807, 2.05) is 25.1 Å². The van der Waals surface area contributed by atoms with E-state index in [0.717, 1.165) is 22.2 Å². The fraction of sp³-hybridized carbons (Fsp3) is 0.143. The highest BCUT2D eigenvalue weighted by molar-refractivity contribution is 9.10. The first-order chi connectivity index (χ1) is 18.7. The second-order valence-corrected chi connectivity index (χ2v) is 10.2. The molecule has 4 rings (SSSR count). The average molecular weight is 610 g/mol. The Morgan fingerprint density at radius 1 is 0.949 bits per heavy atom. The Balaban J connectivity index is 1.39. The number of thioether (sulfide) groups is 1. The number of halogens is 1. The van der Waals surface area contributed by atoms with Gasteiger partial charge in [0, 0.05) is 10.2 Å². The number of imide groups is 1. The lowest BCUT2D eigenvalue weighted by Crippen LogP contribution is -2.36. The van der Waals surface area contributed by atoms with Crippen LogP contribution in [-0.2, 0) is 14.4 Å². The Labute approximate surface area is 237 Å². The fourth-order valence-electron chi connectivity index (χ4n) is 3.62. The van der Waals surface area contributed by atoms with Crippen LogP contribution in [0.25, 0.3) is 6.08 Å². The second-order valence-electron chi connectivity index (χ2n) is 8.36. The van der Waals surface area contributed by atoms with Crippen molar-refractivity contribution in [1.29, 1.82) is 0 Å². The molecule has 0 atom stereocenters. The maximum absolute atomic E-state index is 12.9. The number of para-hydroxylation sites is 2. The molecule has 200 valence electrons. The zero-order valence-electron chi connectivity index (χ0n) is 21.0. The first-order valence-corrected chi connectivity index (χ1v) is 13.3. The minimum atomic E-state index is -0.570. The molecule has 3 aromatic rings. The van der Waals surface area contributed by atoms with Crippen molar-refractivity contribution in [1.82, 2.24) is 4.90 Å². The number of carbonyl (C=O) groups is 4. The molecule has 4 amide bonds. The van der Waals surface area contributed by atoms with Crippen LogP contribution >= 0.6 is 27.7 Å². The maximum Gasteiger partial charge on any atom is 0.294 e. The van der Waals surface area contributed by atoms with Crippen LogP contribution in [0.2, 0.25) is 0 Å². The molecular weight excluding hydrogens is 586 g/mol. The summed E-state index contributed by atoms with van der Waals surface area (Å²) in [4.78, 5) is 51.2. The Bertz CT molecular complexity index is 1480. The predicted molar refractivity (Wildman–Crippen MR) is 154 cm³/mol. The highest BCUT2D eigenvalue weighted by atomic mass is 79.9. The molecule has 0 unspecified atom stereocenters. The van der Waals surface area contributed by atoms with E-state index in [9.17, 15) is 19.2 Å². The van der Waals surface area contributed by atoms with Crippen molar-refractivity contribution in [2.75, 3.05) is 30.9 Å². The first kappa shape index (κ1) is 27.9. The third-order valence-corrected chi connectivity index (χ3v) is 7.19. The molecule has 1 saturated heterocycles. The summed E-state index contributed by atoms with van der Waals surface area (Å²) in [6, 6.07) is 19.4. The van der Waals surface area contributed by atoms with Crippen LogP contribution in [0, 0.1) is 6.92 Å². The number of nitrogens with zero attached hydrogens (tertiary/aromatic N) is 1. The quantitative estimate of drug-likeness (QED) is 0.310. The Hall–Kier alpha value is -4.09. The summed E-state index contributed by atoms with van der Waals surface area (Å²) in [5, 5.41) is 4.94. The van der Waals surface area contributed by atoms with E-state index in [4.69, 9.17) is 9.47 Å². The van der Waals surface area contributed by atoms with E-state index in [-0.39, 0.29) is 17.4 Å². The number of rotatable bonds is 9. The standard InChI is InChI=1S/C28H24BrN3O6S/c1-17-7-3-5-9-20(17)30-26(34)16-38-22-12-11-18(13-23(22)37-2)14-24-27(35)32(28(36)39-24)15-25(33)31-21-10-6-4-8-19(21)29/h3-14H,15-16H2,1-2H3,(H,30,34)(H,31,33)/b24-14-. The van der Waals surface area contributed by atoms with Gasteiger partial charge in [-0.15, -0.1) is 0 Å². The highest BCUT2D eigenvalue weighted by Gasteiger charge is 2.36. The minimum Gasteiger partial charge on any atom is -0.493 e. The number of aryl methyl sites for hydroxylation is 1. The van der Waals surface area contributed by atoms with Crippen molar-refractivity contribution in [3.63, 3.8) is 0 Å². The summed E-state index contributed by atoms with van der Waals surface area (Å²) in [6.07, 6.45) is 1.54. The van der Waals surface area contributed by atoms with E-state index in [0.29, 0.717) is 32.9 Å². The molecule has 11 heteroatoms. The van der Waals surface area contributed by atoms with Gasteiger partial charge in [-0.05, 0) is 82.2 Å². The summed E-state index contributed by atoms with van der Waals surface area (Å²) >= 11 is 4.09. The molecule has 0 bridgehead atoms. The van der Waals surface area contributed by atoms with Gasteiger partial charge in [0.2, 0.25) is 5.91 Å². The second kappa shape index (κ2) is 12.6. The lowest BCUT2D eigenvalue weighted by molar-refractivity contribution is -0.127. The predicted octanol–water partition coefficient (Wildman–Crippen LogP) is 5.46. The molecule has 1 aliphatic heterocycles. The minimum absolute atomic E-state index is 0.169. The topological polar surface area (TPSA) is 114 Å². The summed E-state index contributed by atoms with van der Waals surface area (Å²) in [6.45, 7) is 1.25.